The van der Waals surface area contributed by atoms with Gasteiger partial charge in [0.05, 0.1) is 5.41 Å². The third-order valence-electron chi connectivity index (χ3n) is 7.57. The van der Waals surface area contributed by atoms with E-state index in [1.165, 1.54) is 6.07 Å². The van der Waals surface area contributed by atoms with Gasteiger partial charge in [-0.05, 0) is 68.2 Å². The molecule has 0 amide bonds. The summed E-state index contributed by atoms with van der Waals surface area (Å²) in [5.74, 6) is -0.929. The summed E-state index contributed by atoms with van der Waals surface area (Å²) in [4.78, 5) is 41.9. The highest BCUT2D eigenvalue weighted by molar-refractivity contribution is 6.47. The van der Waals surface area contributed by atoms with Gasteiger partial charge in [0.15, 0.2) is 0 Å². The number of para-hydroxylation sites is 1. The van der Waals surface area contributed by atoms with Crippen molar-refractivity contribution in [2.24, 2.45) is 0 Å². The topological polar surface area (TPSA) is 121 Å². The first kappa shape index (κ1) is 25.3. The third kappa shape index (κ3) is 5.64. The number of ether oxygens (including phenoxy) is 3. The molecule has 1 aromatic carbocycles. The van der Waals surface area contributed by atoms with E-state index in [9.17, 15) is 19.4 Å². The molecular formula is C27H30BNO8. The Morgan fingerprint density at radius 1 is 1.08 bits per heavy atom. The summed E-state index contributed by atoms with van der Waals surface area (Å²) in [6.45, 7) is -0.593. The number of aromatic nitrogens is 1. The summed E-state index contributed by atoms with van der Waals surface area (Å²) in [5, 5.41) is 10.7. The van der Waals surface area contributed by atoms with Gasteiger partial charge in [-0.15, -0.1) is 0 Å². The number of hydrogen-bond acceptors (Lipinski definition) is 9. The molecule has 9 nitrogen and oxygen atoms in total. The zero-order valence-electron chi connectivity index (χ0n) is 20.6. The van der Waals surface area contributed by atoms with Crippen LogP contribution in [0, 0.1) is 0 Å². The van der Waals surface area contributed by atoms with Crippen LogP contribution in [0.3, 0.4) is 0 Å². The molecule has 194 valence electrons. The predicted octanol–water partition coefficient (Wildman–Crippen LogP) is 4.16. The highest BCUT2D eigenvalue weighted by atomic mass is 16.8. The first-order chi connectivity index (χ1) is 18.0. The number of fused-ring (bicyclic) bond motifs is 1. The van der Waals surface area contributed by atoms with Crippen LogP contribution in [0.5, 0.6) is 5.75 Å². The van der Waals surface area contributed by atoms with E-state index in [1.807, 2.05) is 12.1 Å². The second-order valence-electron chi connectivity index (χ2n) is 10.0. The van der Waals surface area contributed by atoms with Crippen LogP contribution in [-0.4, -0.2) is 47.9 Å². The Labute approximate surface area is 215 Å². The molecular weight excluding hydrogens is 477 g/mol. The summed E-state index contributed by atoms with van der Waals surface area (Å²) >= 11 is 0. The number of hydrogen-bond donors (Lipinski definition) is 1. The van der Waals surface area contributed by atoms with E-state index in [1.54, 1.807) is 24.5 Å². The molecule has 0 unspecified atom stereocenters. The highest BCUT2D eigenvalue weighted by Crippen LogP contribution is 2.51. The summed E-state index contributed by atoms with van der Waals surface area (Å²) in [7, 11) is -1.25. The van der Waals surface area contributed by atoms with Crippen molar-refractivity contribution in [3.63, 3.8) is 0 Å². The van der Waals surface area contributed by atoms with E-state index in [2.05, 4.69) is 4.98 Å². The lowest BCUT2D eigenvalue weighted by Gasteiger charge is -2.29. The summed E-state index contributed by atoms with van der Waals surface area (Å²) in [6.07, 6.45) is 9.21. The number of benzene rings is 1. The van der Waals surface area contributed by atoms with Crippen LogP contribution in [0.1, 0.15) is 72.9 Å². The normalized spacial score (nSPS) is 20.2. The quantitative estimate of drug-likeness (QED) is 0.319. The van der Waals surface area contributed by atoms with E-state index < -0.39 is 37.3 Å². The molecule has 2 fully saturated rings. The van der Waals surface area contributed by atoms with E-state index in [4.69, 9.17) is 18.9 Å². The summed E-state index contributed by atoms with van der Waals surface area (Å²) in [6, 6.07) is 8.73. The van der Waals surface area contributed by atoms with Crippen LogP contribution in [0.25, 0.3) is 0 Å². The van der Waals surface area contributed by atoms with Gasteiger partial charge in [-0.3, -0.25) is 9.78 Å². The molecule has 1 aliphatic heterocycles. The zero-order chi connectivity index (χ0) is 25.8. The largest absolute Gasteiger partial charge is 0.535 e. The number of ketones is 1. The third-order valence-corrected chi connectivity index (χ3v) is 7.57. The monoisotopic (exact) mass is 507 g/mol. The Morgan fingerprint density at radius 3 is 2.62 bits per heavy atom. The lowest BCUT2D eigenvalue weighted by atomic mass is 9.63. The first-order valence-corrected chi connectivity index (χ1v) is 12.9. The minimum absolute atomic E-state index is 0.0597. The van der Waals surface area contributed by atoms with Gasteiger partial charge in [0, 0.05) is 24.6 Å². The van der Waals surface area contributed by atoms with E-state index in [0.29, 0.717) is 12.0 Å². The molecule has 10 heteroatoms. The van der Waals surface area contributed by atoms with Gasteiger partial charge in [0.1, 0.15) is 23.2 Å². The van der Waals surface area contributed by atoms with Crippen molar-refractivity contribution in [3.05, 3.63) is 59.4 Å². The smallest absolute Gasteiger partial charge is 0.526 e. The van der Waals surface area contributed by atoms with Gasteiger partial charge in [-0.1, -0.05) is 24.6 Å². The molecule has 37 heavy (non-hydrogen) atoms. The van der Waals surface area contributed by atoms with Crippen LogP contribution in [-0.2, 0) is 30.8 Å². The van der Waals surface area contributed by atoms with Crippen molar-refractivity contribution in [2.45, 2.75) is 75.1 Å². The van der Waals surface area contributed by atoms with Gasteiger partial charge in [0.2, 0.25) is 6.79 Å². The maximum atomic E-state index is 13.2. The molecule has 3 aliphatic rings. The molecule has 2 heterocycles. The lowest BCUT2D eigenvalue weighted by molar-refractivity contribution is -0.121. The number of nitrogens with zero attached hydrogens (tertiary/aromatic N) is 1. The molecule has 2 saturated carbocycles. The predicted molar refractivity (Wildman–Crippen MR) is 132 cm³/mol. The molecule has 0 saturated heterocycles. The number of pyridine rings is 1. The molecule has 1 aromatic heterocycles. The molecule has 5 rings (SSSR count). The Hall–Kier alpha value is -3.40. The fourth-order valence-electron chi connectivity index (χ4n) is 5.31. The van der Waals surface area contributed by atoms with E-state index >= 15 is 0 Å². The average Bonchev–Trinajstić information content (AvgIpc) is 3.72. The van der Waals surface area contributed by atoms with Gasteiger partial charge < -0.3 is 23.9 Å². The minimum atomic E-state index is -1.25. The standard InChI is InChI=1S/C27H30BNO8/c30-23(27(11-12-27)19-7-5-13-29-16-19)15-20-14-18-6-4-10-22(24(18)37-28(20)33)25(31)34-17-35-26(32)36-21-8-2-1-3-9-21/h4-7,10,13,16,20-21,33H,1-3,8-9,11-12,14-15,17H2/t20-/m1/s1. The van der Waals surface area contributed by atoms with Crippen molar-refractivity contribution in [1.29, 1.82) is 0 Å². The second kappa shape index (κ2) is 10.9. The SMILES string of the molecule is O=C(OCOC(=O)c1cccc2c1OB(O)[C@@H](CC(=O)C1(c3cccnc3)CC1)C2)OC1CCCCC1. The van der Waals surface area contributed by atoms with Crippen LogP contribution < -0.4 is 4.65 Å². The molecule has 0 bridgehead atoms. The molecule has 0 spiro atoms. The summed E-state index contributed by atoms with van der Waals surface area (Å²) < 4.78 is 21.0. The van der Waals surface area contributed by atoms with Gasteiger partial charge >= 0.3 is 19.2 Å². The fraction of sp³-hybridized carbons (Fsp3) is 0.481. The maximum absolute atomic E-state index is 13.2. The van der Waals surface area contributed by atoms with Crippen molar-refractivity contribution >= 4 is 25.0 Å². The average molecular weight is 507 g/mol. The number of Topliss-reactive ketones (excluding diaryl/α,β-unsaturated/α-hetero) is 1. The van der Waals surface area contributed by atoms with Crippen LogP contribution in [0.15, 0.2) is 42.7 Å². The Kier molecular flexibility index (Phi) is 7.46. The van der Waals surface area contributed by atoms with Crippen molar-refractivity contribution in [3.8, 4) is 5.75 Å². The molecule has 1 atom stereocenters. The van der Waals surface area contributed by atoms with E-state index in [-0.39, 0.29) is 29.6 Å². The Bertz CT molecular complexity index is 1150. The number of carbonyl (C=O) groups excluding carboxylic acids is 3. The van der Waals surface area contributed by atoms with Crippen molar-refractivity contribution in [1.82, 2.24) is 4.98 Å². The molecule has 2 aromatic rings. The number of rotatable bonds is 8. The Morgan fingerprint density at radius 2 is 1.89 bits per heavy atom. The molecule has 1 N–H and O–H groups in total. The van der Waals surface area contributed by atoms with Crippen LogP contribution in [0.2, 0.25) is 5.82 Å². The lowest BCUT2D eigenvalue weighted by Crippen LogP contribution is -2.37. The number of carbonyl (C=O) groups is 3. The first-order valence-electron chi connectivity index (χ1n) is 12.9. The zero-order valence-corrected chi connectivity index (χ0v) is 20.6. The molecule has 0 radical (unpaired) electrons. The van der Waals surface area contributed by atoms with Crippen molar-refractivity contribution < 1.29 is 38.3 Å². The minimum Gasteiger partial charge on any atom is -0.535 e. The molecule has 2 aliphatic carbocycles. The van der Waals surface area contributed by atoms with Crippen LogP contribution in [0.4, 0.5) is 4.79 Å². The van der Waals surface area contributed by atoms with Crippen LogP contribution >= 0.6 is 0 Å². The Balaban J connectivity index is 1.17. The van der Waals surface area contributed by atoms with Gasteiger partial charge in [0.25, 0.3) is 0 Å². The highest BCUT2D eigenvalue weighted by Gasteiger charge is 2.52. The summed E-state index contributed by atoms with van der Waals surface area (Å²) in [5.41, 5.74) is 1.18. The van der Waals surface area contributed by atoms with Gasteiger partial charge in [-0.2, -0.15) is 0 Å². The van der Waals surface area contributed by atoms with E-state index in [0.717, 1.165) is 50.5 Å². The second-order valence-corrected chi connectivity index (χ2v) is 10.0. The maximum Gasteiger partial charge on any atom is 0.526 e. The fourth-order valence-corrected chi connectivity index (χ4v) is 5.31. The van der Waals surface area contributed by atoms with Gasteiger partial charge in [-0.25, -0.2) is 9.59 Å². The number of esters is 1. The van der Waals surface area contributed by atoms with Crippen molar-refractivity contribution in [2.75, 3.05) is 6.79 Å².